The lowest BCUT2D eigenvalue weighted by atomic mass is 10.2. The number of ether oxygens (including phenoxy) is 1. The number of halogens is 4. The van der Waals surface area contributed by atoms with Gasteiger partial charge in [-0.1, -0.05) is 46.3 Å². The highest BCUT2D eigenvalue weighted by Crippen LogP contribution is 2.23. The minimum Gasteiger partial charge on any atom is -0.277 e. The summed E-state index contributed by atoms with van der Waals surface area (Å²) in [5, 5.41) is -1.04. The van der Waals surface area contributed by atoms with Gasteiger partial charge in [0.25, 0.3) is 0 Å². The molecule has 1 rings (SSSR count). The van der Waals surface area contributed by atoms with Crippen LogP contribution in [0.4, 0.5) is 13.2 Å². The van der Waals surface area contributed by atoms with Crippen molar-refractivity contribution in [2.24, 2.45) is 0 Å². The van der Waals surface area contributed by atoms with E-state index in [4.69, 9.17) is 0 Å². The maximum absolute atomic E-state index is 11.8. The van der Waals surface area contributed by atoms with Crippen molar-refractivity contribution in [1.29, 1.82) is 0 Å². The minimum atomic E-state index is -4.59. The fraction of sp³-hybridized carbons (Fsp3) is 0.333. The van der Waals surface area contributed by atoms with E-state index in [1.165, 1.54) is 0 Å². The van der Waals surface area contributed by atoms with E-state index in [0.29, 0.717) is 0 Å². The summed E-state index contributed by atoms with van der Waals surface area (Å²) in [5.74, 6) is 0. The fourth-order valence-electron chi connectivity index (χ4n) is 0.986. The molecule has 1 nitrogen and oxygen atoms in total. The maximum Gasteiger partial charge on any atom is 0.523 e. The second-order valence-electron chi connectivity index (χ2n) is 2.66. The Morgan fingerprint density at radius 3 is 2.29 bits per heavy atom. The fourth-order valence-corrected chi connectivity index (χ4v) is 1.57. The molecule has 0 N–H and O–H groups in total. The summed E-state index contributed by atoms with van der Waals surface area (Å²) in [4.78, 5) is 0. The van der Waals surface area contributed by atoms with Gasteiger partial charge in [0.05, 0.1) is 0 Å². The molecule has 0 spiro atoms. The summed E-state index contributed by atoms with van der Waals surface area (Å²) < 4.78 is 39.0. The van der Waals surface area contributed by atoms with E-state index in [0.717, 1.165) is 5.56 Å². The van der Waals surface area contributed by atoms with Crippen LogP contribution in [0.3, 0.4) is 0 Å². The number of alkyl halides is 4. The normalized spacial score (nSPS) is 14.0. The summed E-state index contributed by atoms with van der Waals surface area (Å²) in [6.45, 7) is 0. The van der Waals surface area contributed by atoms with Crippen LogP contribution in [0.15, 0.2) is 30.3 Å². The van der Waals surface area contributed by atoms with Crippen molar-refractivity contribution in [2.75, 3.05) is 0 Å². The lowest BCUT2D eigenvalue weighted by molar-refractivity contribution is -0.329. The van der Waals surface area contributed by atoms with Crippen LogP contribution in [0.1, 0.15) is 5.56 Å². The molecule has 0 saturated carbocycles. The minimum absolute atomic E-state index is 0.181. The smallest absolute Gasteiger partial charge is 0.277 e. The molecule has 78 valence electrons. The number of rotatable bonds is 3. The van der Waals surface area contributed by atoms with Crippen LogP contribution in [0.5, 0.6) is 0 Å². The molecule has 0 aliphatic rings. The van der Waals surface area contributed by atoms with E-state index < -0.39 is 11.4 Å². The first-order chi connectivity index (χ1) is 6.47. The van der Waals surface area contributed by atoms with Gasteiger partial charge in [0.15, 0.2) is 0 Å². The molecule has 0 saturated heterocycles. The van der Waals surface area contributed by atoms with Gasteiger partial charge in [-0.2, -0.15) is 0 Å². The Hall–Kier alpha value is -0.550. The molecule has 0 aliphatic heterocycles. The Kier molecular flexibility index (Phi) is 3.95. The first-order valence-electron chi connectivity index (χ1n) is 3.90. The quantitative estimate of drug-likeness (QED) is 0.763. The molecule has 0 bridgehead atoms. The molecular weight excluding hydrogens is 261 g/mol. The van der Waals surface area contributed by atoms with Crippen LogP contribution in [0.25, 0.3) is 0 Å². The predicted octanol–water partition coefficient (Wildman–Crippen LogP) is 3.49. The molecule has 0 aliphatic carbocycles. The van der Waals surface area contributed by atoms with E-state index in [1.54, 1.807) is 30.3 Å². The van der Waals surface area contributed by atoms with Crippen LogP contribution >= 0.6 is 15.9 Å². The summed E-state index contributed by atoms with van der Waals surface area (Å²) in [6, 6.07) is 8.82. The summed E-state index contributed by atoms with van der Waals surface area (Å²) in [7, 11) is 0. The number of hydrogen-bond donors (Lipinski definition) is 0. The zero-order valence-corrected chi connectivity index (χ0v) is 8.68. The highest BCUT2D eigenvalue weighted by molar-refractivity contribution is 9.09. The standard InChI is InChI=1S/C9H8BrF3O/c10-8(14-9(11,12)13)6-7-4-2-1-3-5-7/h1-5,8H,6H2. The first-order valence-corrected chi connectivity index (χ1v) is 4.81. The van der Waals surface area contributed by atoms with Gasteiger partial charge < -0.3 is 0 Å². The molecule has 0 radical (unpaired) electrons. The average molecular weight is 269 g/mol. The third kappa shape index (κ3) is 4.62. The third-order valence-corrected chi connectivity index (χ3v) is 2.01. The molecule has 1 atom stereocenters. The van der Waals surface area contributed by atoms with Gasteiger partial charge in [-0.3, -0.25) is 4.74 Å². The summed E-state index contributed by atoms with van der Waals surface area (Å²) in [6.07, 6.45) is -4.41. The molecular formula is C9H8BrF3O. The van der Waals surface area contributed by atoms with Crippen molar-refractivity contribution in [2.45, 2.75) is 17.8 Å². The largest absolute Gasteiger partial charge is 0.523 e. The first kappa shape index (κ1) is 11.5. The Morgan fingerprint density at radius 2 is 1.79 bits per heavy atom. The summed E-state index contributed by atoms with van der Waals surface area (Å²) >= 11 is 2.81. The van der Waals surface area contributed by atoms with E-state index in [-0.39, 0.29) is 6.42 Å². The van der Waals surface area contributed by atoms with Crippen molar-refractivity contribution < 1.29 is 17.9 Å². The van der Waals surface area contributed by atoms with E-state index in [2.05, 4.69) is 20.7 Å². The van der Waals surface area contributed by atoms with Crippen molar-refractivity contribution >= 4 is 15.9 Å². The zero-order valence-electron chi connectivity index (χ0n) is 7.09. The lowest BCUT2D eigenvalue weighted by Gasteiger charge is -2.13. The second kappa shape index (κ2) is 4.79. The molecule has 1 unspecified atom stereocenters. The van der Waals surface area contributed by atoms with Gasteiger partial charge >= 0.3 is 6.36 Å². The number of hydrogen-bond acceptors (Lipinski definition) is 1. The lowest BCUT2D eigenvalue weighted by Crippen LogP contribution is -2.20. The van der Waals surface area contributed by atoms with Crippen LogP contribution in [-0.2, 0) is 11.2 Å². The average Bonchev–Trinajstić information content (AvgIpc) is 2.02. The second-order valence-corrected chi connectivity index (χ2v) is 3.68. The molecule has 5 heteroatoms. The van der Waals surface area contributed by atoms with Crippen LogP contribution in [0, 0.1) is 0 Å². The topological polar surface area (TPSA) is 9.23 Å². The van der Waals surface area contributed by atoms with Crippen LogP contribution < -0.4 is 0 Å². The van der Waals surface area contributed by atoms with Crippen molar-refractivity contribution in [3.05, 3.63) is 35.9 Å². The van der Waals surface area contributed by atoms with Crippen LogP contribution in [0.2, 0.25) is 0 Å². The molecule has 1 aromatic carbocycles. The monoisotopic (exact) mass is 268 g/mol. The SMILES string of the molecule is FC(F)(F)OC(Br)Cc1ccccc1. The van der Waals surface area contributed by atoms with Crippen molar-refractivity contribution in [1.82, 2.24) is 0 Å². The van der Waals surface area contributed by atoms with Gasteiger partial charge in [-0.25, -0.2) is 0 Å². The van der Waals surface area contributed by atoms with E-state index in [1.807, 2.05) is 0 Å². The number of benzene rings is 1. The Labute approximate surface area is 88.0 Å². The molecule has 0 amide bonds. The molecule has 1 aromatic rings. The zero-order chi connectivity index (χ0) is 10.6. The Balaban J connectivity index is 2.46. The Morgan fingerprint density at radius 1 is 1.21 bits per heavy atom. The summed E-state index contributed by atoms with van der Waals surface area (Å²) in [5.41, 5.74) is 0.790. The van der Waals surface area contributed by atoms with E-state index in [9.17, 15) is 13.2 Å². The van der Waals surface area contributed by atoms with Gasteiger partial charge in [0.2, 0.25) is 0 Å². The van der Waals surface area contributed by atoms with Crippen molar-refractivity contribution in [3.63, 3.8) is 0 Å². The molecule has 0 aromatic heterocycles. The molecule has 14 heavy (non-hydrogen) atoms. The van der Waals surface area contributed by atoms with Crippen LogP contribution in [-0.4, -0.2) is 11.4 Å². The van der Waals surface area contributed by atoms with Gasteiger partial charge in [0.1, 0.15) is 5.01 Å². The van der Waals surface area contributed by atoms with E-state index >= 15 is 0 Å². The highest BCUT2D eigenvalue weighted by Gasteiger charge is 2.32. The van der Waals surface area contributed by atoms with Gasteiger partial charge in [0, 0.05) is 6.42 Å². The highest BCUT2D eigenvalue weighted by atomic mass is 79.9. The van der Waals surface area contributed by atoms with Crippen molar-refractivity contribution in [3.8, 4) is 0 Å². The molecule has 0 heterocycles. The predicted molar refractivity (Wildman–Crippen MR) is 50.0 cm³/mol. The molecule has 0 fully saturated rings. The third-order valence-electron chi connectivity index (χ3n) is 1.50. The maximum atomic E-state index is 11.8. The van der Waals surface area contributed by atoms with Gasteiger partial charge in [-0.05, 0) is 5.56 Å². The Bertz CT molecular complexity index is 273. The van der Waals surface area contributed by atoms with Gasteiger partial charge in [-0.15, -0.1) is 13.2 Å².